The van der Waals surface area contributed by atoms with Gasteiger partial charge in [0.2, 0.25) is 15.7 Å². The summed E-state index contributed by atoms with van der Waals surface area (Å²) in [5.74, 6) is 0. The average molecular weight is 150 g/mol. The van der Waals surface area contributed by atoms with Crippen LogP contribution in [0.15, 0.2) is 0 Å². The molecule has 8 heavy (non-hydrogen) atoms. The third-order valence-corrected chi connectivity index (χ3v) is 1.21. The van der Waals surface area contributed by atoms with Crippen LogP contribution in [0.1, 0.15) is 13.3 Å². The smallest absolute Gasteiger partial charge is 0.246 e. The quantitative estimate of drug-likeness (QED) is 0.435. The normalized spacial score (nSPS) is 13.4. The second-order valence-electron chi connectivity index (χ2n) is 1.49. The summed E-state index contributed by atoms with van der Waals surface area (Å²) in [5, 5.41) is -0.379. The molecular formula is C4H6ClO2Si. The Hall–Kier alpha value is 0.137. The molecule has 0 unspecified atom stereocenters. The molecule has 3 radical (unpaired) electrons. The van der Waals surface area contributed by atoms with E-state index in [9.17, 15) is 4.79 Å². The average Bonchev–Trinajstić information content (AvgIpc) is 1.65. The van der Waals surface area contributed by atoms with Crippen LogP contribution in [0.25, 0.3) is 0 Å². The van der Waals surface area contributed by atoms with Crippen molar-refractivity contribution < 1.29 is 9.22 Å². The maximum atomic E-state index is 10.1. The lowest BCUT2D eigenvalue weighted by Gasteiger charge is -2.03. The van der Waals surface area contributed by atoms with Crippen molar-refractivity contribution in [3.63, 3.8) is 0 Å². The first-order valence-corrected chi connectivity index (χ1v) is 2.96. The van der Waals surface area contributed by atoms with Crippen molar-refractivity contribution in [1.29, 1.82) is 0 Å². The van der Waals surface area contributed by atoms with Gasteiger partial charge in [-0.3, -0.25) is 4.79 Å². The van der Waals surface area contributed by atoms with Crippen molar-refractivity contribution in [2.24, 2.45) is 0 Å². The molecule has 0 spiro atoms. The Morgan fingerprint density at radius 2 is 2.50 bits per heavy atom. The van der Waals surface area contributed by atoms with E-state index in [2.05, 4.69) is 14.9 Å². The van der Waals surface area contributed by atoms with Crippen LogP contribution in [0.5, 0.6) is 0 Å². The third-order valence-electron chi connectivity index (χ3n) is 0.649. The van der Waals surface area contributed by atoms with Crippen molar-refractivity contribution in [3.8, 4) is 0 Å². The van der Waals surface area contributed by atoms with Crippen molar-refractivity contribution in [2.45, 2.75) is 19.4 Å². The maximum absolute atomic E-state index is 10.1. The van der Waals surface area contributed by atoms with Crippen LogP contribution in [-0.2, 0) is 9.22 Å². The van der Waals surface area contributed by atoms with Gasteiger partial charge in [-0.2, -0.15) is 0 Å². The van der Waals surface area contributed by atoms with Crippen LogP contribution in [0.2, 0.25) is 0 Å². The SMILES string of the molecule is C[C@H](CC(=O)Cl)O[Si]. The van der Waals surface area contributed by atoms with Gasteiger partial charge in [0.1, 0.15) is 0 Å². The highest BCUT2D eigenvalue weighted by atomic mass is 35.5. The first-order valence-electron chi connectivity index (χ1n) is 2.17. The highest BCUT2D eigenvalue weighted by Gasteiger charge is 2.02. The molecule has 0 saturated heterocycles. The lowest BCUT2D eigenvalue weighted by Crippen LogP contribution is -2.08. The molecule has 0 aromatic rings. The molecular weight excluding hydrogens is 144 g/mol. The molecule has 0 saturated carbocycles. The highest BCUT2D eigenvalue weighted by molar-refractivity contribution is 6.63. The third kappa shape index (κ3) is 4.30. The van der Waals surface area contributed by atoms with Gasteiger partial charge in [0.15, 0.2) is 0 Å². The molecule has 0 bridgehead atoms. The zero-order valence-corrected chi connectivity index (χ0v) is 6.23. The van der Waals surface area contributed by atoms with Gasteiger partial charge in [0.05, 0.1) is 0 Å². The predicted molar refractivity (Wildman–Crippen MR) is 31.8 cm³/mol. The number of carbonyl (C=O) groups is 1. The predicted octanol–water partition coefficient (Wildman–Crippen LogP) is 0.630. The summed E-state index contributed by atoms with van der Waals surface area (Å²) in [5.41, 5.74) is 0. The summed E-state index contributed by atoms with van der Waals surface area (Å²) in [7, 11) is 2.78. The summed E-state index contributed by atoms with van der Waals surface area (Å²) >= 11 is 5.01. The lowest BCUT2D eigenvalue weighted by molar-refractivity contribution is -0.112. The lowest BCUT2D eigenvalue weighted by atomic mass is 10.3. The first-order chi connectivity index (χ1) is 3.66. The summed E-state index contributed by atoms with van der Waals surface area (Å²) in [6.07, 6.45) is 0.0992. The van der Waals surface area contributed by atoms with E-state index in [-0.39, 0.29) is 17.8 Å². The van der Waals surface area contributed by atoms with Gasteiger partial charge in [-0.1, -0.05) is 0 Å². The molecule has 0 aliphatic carbocycles. The standard InChI is InChI=1S/C4H6ClO2Si/c1-3(7-8)2-4(5)6/h3H,2H2,1H3/t3-/m1/s1. The Labute approximate surface area is 56.7 Å². The van der Waals surface area contributed by atoms with Crippen LogP contribution in [0.3, 0.4) is 0 Å². The summed E-state index contributed by atoms with van der Waals surface area (Å²) in [6, 6.07) is 0. The Morgan fingerprint density at radius 3 is 2.62 bits per heavy atom. The second-order valence-corrected chi connectivity index (χ2v) is 2.14. The molecule has 0 rings (SSSR count). The number of rotatable bonds is 3. The molecule has 0 aliphatic heterocycles. The van der Waals surface area contributed by atoms with Crippen LogP contribution < -0.4 is 0 Å². The molecule has 4 heteroatoms. The molecule has 0 N–H and O–H groups in total. The van der Waals surface area contributed by atoms with Crippen molar-refractivity contribution in [3.05, 3.63) is 0 Å². The van der Waals surface area contributed by atoms with Gasteiger partial charge in [-0.05, 0) is 18.5 Å². The molecule has 0 fully saturated rings. The summed E-state index contributed by atoms with van der Waals surface area (Å²) in [4.78, 5) is 10.1. The zero-order chi connectivity index (χ0) is 6.57. The first kappa shape index (κ1) is 8.14. The zero-order valence-electron chi connectivity index (χ0n) is 4.48. The Morgan fingerprint density at radius 1 is 2.00 bits per heavy atom. The Bertz CT molecular complexity index is 86.1. The molecule has 0 aromatic heterocycles. The molecule has 0 heterocycles. The Kier molecular flexibility index (Phi) is 4.13. The van der Waals surface area contributed by atoms with Crippen molar-refractivity contribution in [2.75, 3.05) is 0 Å². The molecule has 0 amide bonds. The van der Waals surface area contributed by atoms with Gasteiger partial charge >= 0.3 is 0 Å². The molecule has 45 valence electrons. The van der Waals surface area contributed by atoms with E-state index in [1.807, 2.05) is 0 Å². The van der Waals surface area contributed by atoms with E-state index in [1.165, 1.54) is 0 Å². The monoisotopic (exact) mass is 149 g/mol. The number of hydrogen-bond acceptors (Lipinski definition) is 2. The van der Waals surface area contributed by atoms with Crippen molar-refractivity contribution in [1.82, 2.24) is 0 Å². The Balaban J connectivity index is 3.24. The van der Waals surface area contributed by atoms with Gasteiger partial charge in [-0.25, -0.2) is 0 Å². The summed E-state index contributed by atoms with van der Waals surface area (Å²) < 4.78 is 4.56. The fourth-order valence-corrected chi connectivity index (χ4v) is 0.568. The molecule has 0 aliphatic rings. The van der Waals surface area contributed by atoms with E-state index < -0.39 is 0 Å². The summed E-state index contributed by atoms with van der Waals surface area (Å²) in [6.45, 7) is 1.74. The largest absolute Gasteiger partial charge is 0.416 e. The fraction of sp³-hybridized carbons (Fsp3) is 0.750. The minimum absolute atomic E-state index is 0.142. The van der Waals surface area contributed by atoms with E-state index in [1.54, 1.807) is 6.92 Å². The number of halogens is 1. The van der Waals surface area contributed by atoms with Crippen LogP contribution in [0, 0.1) is 0 Å². The highest BCUT2D eigenvalue weighted by Crippen LogP contribution is 1.97. The minimum atomic E-state index is -0.379. The van der Waals surface area contributed by atoms with Gasteiger partial charge in [0, 0.05) is 12.5 Å². The molecule has 0 aromatic carbocycles. The van der Waals surface area contributed by atoms with Crippen molar-refractivity contribution >= 4 is 27.3 Å². The van der Waals surface area contributed by atoms with Crippen LogP contribution in [-0.4, -0.2) is 21.8 Å². The van der Waals surface area contributed by atoms with E-state index in [4.69, 9.17) is 11.6 Å². The van der Waals surface area contributed by atoms with Crippen LogP contribution in [0.4, 0.5) is 0 Å². The van der Waals surface area contributed by atoms with Gasteiger partial charge < -0.3 is 4.43 Å². The van der Waals surface area contributed by atoms with Gasteiger partial charge in [-0.15, -0.1) is 0 Å². The number of hydrogen-bond donors (Lipinski definition) is 0. The van der Waals surface area contributed by atoms with E-state index >= 15 is 0 Å². The topological polar surface area (TPSA) is 26.3 Å². The van der Waals surface area contributed by atoms with Gasteiger partial charge in [0.25, 0.3) is 0 Å². The molecule has 1 atom stereocenters. The minimum Gasteiger partial charge on any atom is -0.416 e. The number of carbonyl (C=O) groups excluding carboxylic acids is 1. The second kappa shape index (κ2) is 4.06. The van der Waals surface area contributed by atoms with E-state index in [0.717, 1.165) is 0 Å². The van der Waals surface area contributed by atoms with E-state index in [0.29, 0.717) is 0 Å². The fourth-order valence-electron chi connectivity index (χ4n) is 0.268. The van der Waals surface area contributed by atoms with Crippen LogP contribution >= 0.6 is 11.6 Å². The molecule has 2 nitrogen and oxygen atoms in total. The maximum Gasteiger partial charge on any atom is 0.246 e.